The summed E-state index contributed by atoms with van der Waals surface area (Å²) in [5, 5.41) is 0. The maximum absolute atomic E-state index is 10.5. The summed E-state index contributed by atoms with van der Waals surface area (Å²) in [4.78, 5) is 16.7. The highest BCUT2D eigenvalue weighted by atomic mass is 16.1. The Morgan fingerprint density at radius 2 is 2.45 bits per heavy atom. The van der Waals surface area contributed by atoms with Crippen LogP contribution in [0, 0.1) is 0 Å². The Bertz CT molecular complexity index is 247. The zero-order valence-corrected chi connectivity index (χ0v) is 6.63. The van der Waals surface area contributed by atoms with Gasteiger partial charge in [-0.15, -0.1) is 0 Å². The van der Waals surface area contributed by atoms with Gasteiger partial charge in [0.2, 0.25) is 0 Å². The van der Waals surface area contributed by atoms with Crippen molar-refractivity contribution in [1.82, 2.24) is 9.97 Å². The molecule has 1 aromatic heterocycles. The first-order valence-corrected chi connectivity index (χ1v) is 3.86. The molecule has 0 bridgehead atoms. The number of aryl methyl sites for hydroxylation is 1. The average Bonchev–Trinajstić information content (AvgIpc) is 2.04. The van der Waals surface area contributed by atoms with Gasteiger partial charge in [0.15, 0.2) is 0 Å². The molecule has 1 N–H and O–H groups in total. The van der Waals surface area contributed by atoms with E-state index in [2.05, 4.69) is 16.9 Å². The van der Waals surface area contributed by atoms with Crippen molar-refractivity contribution in [2.24, 2.45) is 0 Å². The van der Waals surface area contributed by atoms with Gasteiger partial charge in [-0.25, -0.2) is 9.78 Å². The van der Waals surface area contributed by atoms with Crippen molar-refractivity contribution < 1.29 is 0 Å². The summed E-state index contributed by atoms with van der Waals surface area (Å²) in [6.07, 6.45) is 6.67. The second kappa shape index (κ2) is 3.91. The first kappa shape index (κ1) is 7.98. The van der Waals surface area contributed by atoms with Gasteiger partial charge in [0.05, 0.1) is 0 Å². The first-order valence-electron chi connectivity index (χ1n) is 3.86. The smallest absolute Gasteiger partial charge is 0.312 e. The van der Waals surface area contributed by atoms with Crippen molar-refractivity contribution in [3.05, 3.63) is 28.4 Å². The van der Waals surface area contributed by atoms with E-state index in [0.717, 1.165) is 18.4 Å². The number of aromatic amines is 1. The average molecular weight is 152 g/mol. The Morgan fingerprint density at radius 1 is 1.64 bits per heavy atom. The normalized spacial score (nSPS) is 9.91. The van der Waals surface area contributed by atoms with Crippen molar-refractivity contribution in [3.8, 4) is 0 Å². The molecule has 11 heavy (non-hydrogen) atoms. The molecule has 0 saturated heterocycles. The number of rotatable bonds is 3. The molecule has 3 heteroatoms. The van der Waals surface area contributed by atoms with Crippen LogP contribution in [0.2, 0.25) is 0 Å². The van der Waals surface area contributed by atoms with Crippen molar-refractivity contribution in [1.29, 1.82) is 0 Å². The van der Waals surface area contributed by atoms with Gasteiger partial charge in [-0.1, -0.05) is 13.3 Å². The third-order valence-corrected chi connectivity index (χ3v) is 1.55. The lowest BCUT2D eigenvalue weighted by atomic mass is 10.2. The molecule has 1 heterocycles. The first-order chi connectivity index (χ1) is 5.33. The van der Waals surface area contributed by atoms with Crippen LogP contribution < -0.4 is 5.69 Å². The Labute approximate surface area is 65.5 Å². The standard InChI is InChI=1S/C8H12N2O/c1-2-3-4-7-5-9-8(11)10-6-7/h5-6H,2-4H2,1H3,(H,9,10,11). The molecule has 0 aliphatic carbocycles. The third kappa shape index (κ3) is 2.53. The maximum atomic E-state index is 10.5. The van der Waals surface area contributed by atoms with E-state index >= 15 is 0 Å². The van der Waals surface area contributed by atoms with Crippen LogP contribution in [0.4, 0.5) is 0 Å². The number of unbranched alkanes of at least 4 members (excludes halogenated alkanes) is 1. The van der Waals surface area contributed by atoms with Crippen molar-refractivity contribution in [3.63, 3.8) is 0 Å². The molecule has 0 amide bonds. The van der Waals surface area contributed by atoms with E-state index in [1.807, 2.05) is 0 Å². The monoisotopic (exact) mass is 152 g/mol. The number of hydrogen-bond donors (Lipinski definition) is 1. The zero-order valence-electron chi connectivity index (χ0n) is 6.63. The number of aromatic nitrogens is 2. The molecule has 0 aromatic carbocycles. The summed E-state index contributed by atoms with van der Waals surface area (Å²) in [6, 6.07) is 0. The molecule has 0 atom stereocenters. The topological polar surface area (TPSA) is 45.8 Å². The predicted molar refractivity (Wildman–Crippen MR) is 43.5 cm³/mol. The lowest BCUT2D eigenvalue weighted by Gasteiger charge is -1.95. The molecule has 60 valence electrons. The quantitative estimate of drug-likeness (QED) is 0.705. The van der Waals surface area contributed by atoms with Crippen LogP contribution in [0.5, 0.6) is 0 Å². The van der Waals surface area contributed by atoms with Crippen LogP contribution in [0.1, 0.15) is 25.3 Å². The largest absolute Gasteiger partial charge is 0.344 e. The second-order valence-corrected chi connectivity index (χ2v) is 2.53. The molecular weight excluding hydrogens is 140 g/mol. The van der Waals surface area contributed by atoms with E-state index in [4.69, 9.17) is 0 Å². The van der Waals surface area contributed by atoms with E-state index in [0.29, 0.717) is 0 Å². The van der Waals surface area contributed by atoms with Gasteiger partial charge < -0.3 is 4.98 Å². The fourth-order valence-electron chi connectivity index (χ4n) is 0.888. The minimum absolute atomic E-state index is 0.273. The molecule has 0 spiro atoms. The molecule has 0 aliphatic rings. The molecule has 0 unspecified atom stereocenters. The fraction of sp³-hybridized carbons (Fsp3) is 0.500. The summed E-state index contributed by atoms with van der Waals surface area (Å²) in [6.45, 7) is 2.14. The third-order valence-electron chi connectivity index (χ3n) is 1.55. The SMILES string of the molecule is CCCCc1cnc(=O)[nH]c1. The van der Waals surface area contributed by atoms with Crippen molar-refractivity contribution in [2.45, 2.75) is 26.2 Å². The van der Waals surface area contributed by atoms with Gasteiger partial charge in [0.1, 0.15) is 0 Å². The van der Waals surface area contributed by atoms with E-state index in [9.17, 15) is 4.79 Å². The van der Waals surface area contributed by atoms with Gasteiger partial charge in [0.25, 0.3) is 0 Å². The minimum Gasteiger partial charge on any atom is -0.312 e. The van der Waals surface area contributed by atoms with Gasteiger partial charge in [-0.3, -0.25) is 0 Å². The van der Waals surface area contributed by atoms with E-state index < -0.39 is 0 Å². The highest BCUT2D eigenvalue weighted by molar-refractivity contribution is 5.01. The maximum Gasteiger partial charge on any atom is 0.344 e. The Morgan fingerprint density at radius 3 is 3.00 bits per heavy atom. The molecule has 1 rings (SSSR count). The number of hydrogen-bond acceptors (Lipinski definition) is 2. The highest BCUT2D eigenvalue weighted by Gasteiger charge is 1.91. The van der Waals surface area contributed by atoms with Crippen molar-refractivity contribution in [2.75, 3.05) is 0 Å². The van der Waals surface area contributed by atoms with Gasteiger partial charge in [-0.2, -0.15) is 0 Å². The number of nitrogens with one attached hydrogen (secondary N) is 1. The Balaban J connectivity index is 2.59. The fourth-order valence-corrected chi connectivity index (χ4v) is 0.888. The van der Waals surface area contributed by atoms with E-state index in [1.165, 1.54) is 6.42 Å². The molecule has 1 aromatic rings. The van der Waals surface area contributed by atoms with Crippen LogP contribution in [-0.4, -0.2) is 9.97 Å². The minimum atomic E-state index is -0.273. The molecule has 3 nitrogen and oxygen atoms in total. The van der Waals surface area contributed by atoms with Gasteiger partial charge in [0, 0.05) is 12.4 Å². The van der Waals surface area contributed by atoms with Crippen LogP contribution in [0.15, 0.2) is 17.2 Å². The predicted octanol–water partition coefficient (Wildman–Crippen LogP) is 1.11. The van der Waals surface area contributed by atoms with E-state index in [1.54, 1.807) is 12.4 Å². The van der Waals surface area contributed by atoms with Crippen molar-refractivity contribution >= 4 is 0 Å². The molecule has 0 aliphatic heterocycles. The van der Waals surface area contributed by atoms with Crippen LogP contribution in [-0.2, 0) is 6.42 Å². The van der Waals surface area contributed by atoms with E-state index in [-0.39, 0.29) is 5.69 Å². The summed E-state index contributed by atoms with van der Waals surface area (Å²) in [7, 11) is 0. The molecule has 0 fully saturated rings. The molecule has 0 radical (unpaired) electrons. The lowest BCUT2D eigenvalue weighted by molar-refractivity contribution is 0.785. The highest BCUT2D eigenvalue weighted by Crippen LogP contribution is 1.98. The van der Waals surface area contributed by atoms with Crippen LogP contribution in [0.25, 0.3) is 0 Å². The lowest BCUT2D eigenvalue weighted by Crippen LogP contribution is -2.08. The summed E-state index contributed by atoms with van der Waals surface area (Å²) in [5.74, 6) is 0. The number of H-pyrrole nitrogens is 1. The summed E-state index contributed by atoms with van der Waals surface area (Å²) in [5.41, 5.74) is 0.830. The molecule has 0 saturated carbocycles. The van der Waals surface area contributed by atoms with Gasteiger partial charge >= 0.3 is 5.69 Å². The summed E-state index contributed by atoms with van der Waals surface area (Å²) < 4.78 is 0. The van der Waals surface area contributed by atoms with Crippen LogP contribution in [0.3, 0.4) is 0 Å². The second-order valence-electron chi connectivity index (χ2n) is 2.53. The zero-order chi connectivity index (χ0) is 8.10. The van der Waals surface area contributed by atoms with Gasteiger partial charge in [-0.05, 0) is 18.4 Å². The Kier molecular flexibility index (Phi) is 2.83. The number of nitrogens with zero attached hydrogens (tertiary/aromatic N) is 1. The molecular formula is C8H12N2O. The van der Waals surface area contributed by atoms with Crippen LogP contribution >= 0.6 is 0 Å². The summed E-state index contributed by atoms with van der Waals surface area (Å²) >= 11 is 0. The Hall–Kier alpha value is -1.12.